The lowest BCUT2D eigenvalue weighted by molar-refractivity contribution is -0.0440. The van der Waals surface area contributed by atoms with Crippen molar-refractivity contribution in [3.8, 4) is 0 Å². The summed E-state index contributed by atoms with van der Waals surface area (Å²) in [5, 5.41) is 2.91. The van der Waals surface area contributed by atoms with Gasteiger partial charge < -0.3 is 15.0 Å². The third-order valence-electron chi connectivity index (χ3n) is 5.28. The second-order valence-electron chi connectivity index (χ2n) is 7.76. The van der Waals surface area contributed by atoms with Gasteiger partial charge in [0.25, 0.3) is 5.91 Å². The van der Waals surface area contributed by atoms with Crippen LogP contribution >= 0.6 is 0 Å². The van der Waals surface area contributed by atoms with Crippen molar-refractivity contribution in [1.82, 2.24) is 14.5 Å². The van der Waals surface area contributed by atoms with Crippen LogP contribution in [0.3, 0.4) is 0 Å². The molecule has 2 saturated heterocycles. The zero-order valence-electron chi connectivity index (χ0n) is 16.8. The molecule has 0 aromatic heterocycles. The van der Waals surface area contributed by atoms with Crippen molar-refractivity contribution in [2.45, 2.75) is 50.2 Å². The highest BCUT2D eigenvalue weighted by Crippen LogP contribution is 2.21. The molecule has 156 valence electrons. The van der Waals surface area contributed by atoms with Crippen LogP contribution in [0.25, 0.3) is 0 Å². The van der Waals surface area contributed by atoms with E-state index in [1.807, 2.05) is 13.8 Å². The number of benzene rings is 1. The molecule has 3 rings (SSSR count). The quantitative estimate of drug-likeness (QED) is 0.694. The molecule has 1 amide bonds. The first-order valence-electron chi connectivity index (χ1n) is 10.1. The van der Waals surface area contributed by atoms with E-state index in [-0.39, 0.29) is 23.0 Å². The fraction of sp³-hybridized carbons (Fsp3) is 0.650. The number of amides is 1. The molecular formula is C20H31N3O4S. The van der Waals surface area contributed by atoms with E-state index in [4.69, 9.17) is 4.74 Å². The Bertz CT molecular complexity index is 750. The van der Waals surface area contributed by atoms with Crippen LogP contribution in [0.2, 0.25) is 0 Å². The molecule has 8 heteroatoms. The summed E-state index contributed by atoms with van der Waals surface area (Å²) in [6.45, 7) is 8.37. The summed E-state index contributed by atoms with van der Waals surface area (Å²) in [6.07, 6.45) is 3.19. The first kappa shape index (κ1) is 21.2. The van der Waals surface area contributed by atoms with E-state index in [0.717, 1.165) is 26.1 Å². The minimum absolute atomic E-state index is 0.135. The number of nitrogens with one attached hydrogen (secondary N) is 1. The SMILES string of the molecule is C[C@@H]1CN(S(=O)(=O)c2ccc(C(=O)NCCCN3CCCC3)cc2)C[C@H](C)O1. The Balaban J connectivity index is 1.54. The normalized spacial score (nSPS) is 24.4. The van der Waals surface area contributed by atoms with Crippen molar-refractivity contribution in [3.63, 3.8) is 0 Å². The van der Waals surface area contributed by atoms with E-state index in [0.29, 0.717) is 25.2 Å². The van der Waals surface area contributed by atoms with Gasteiger partial charge in [-0.1, -0.05) is 0 Å². The lowest BCUT2D eigenvalue weighted by Gasteiger charge is -2.34. The van der Waals surface area contributed by atoms with Crippen molar-refractivity contribution in [3.05, 3.63) is 29.8 Å². The van der Waals surface area contributed by atoms with E-state index in [1.54, 1.807) is 12.1 Å². The predicted octanol–water partition coefficient (Wildman–Crippen LogP) is 1.70. The standard InChI is InChI=1S/C20H31N3O4S/c1-16-14-23(15-17(2)27-16)28(25,26)19-8-6-18(7-9-19)20(24)21-10-5-13-22-11-3-4-12-22/h6-9,16-17H,3-5,10-15H2,1-2H3,(H,21,24)/t16-,17+. The van der Waals surface area contributed by atoms with E-state index < -0.39 is 10.0 Å². The van der Waals surface area contributed by atoms with Gasteiger partial charge in [0.15, 0.2) is 0 Å². The summed E-state index contributed by atoms with van der Waals surface area (Å²) in [5.74, 6) is -0.168. The highest BCUT2D eigenvalue weighted by Gasteiger charge is 2.32. The monoisotopic (exact) mass is 409 g/mol. The van der Waals surface area contributed by atoms with Crippen LogP contribution in [-0.2, 0) is 14.8 Å². The lowest BCUT2D eigenvalue weighted by atomic mass is 10.2. The Hall–Kier alpha value is -1.48. The molecule has 2 atom stereocenters. The van der Waals surface area contributed by atoms with Gasteiger partial charge in [-0.3, -0.25) is 4.79 Å². The molecule has 2 aliphatic heterocycles. The van der Waals surface area contributed by atoms with Gasteiger partial charge in [-0.05, 0) is 77.0 Å². The number of carbonyl (C=O) groups excluding carboxylic acids is 1. The minimum Gasteiger partial charge on any atom is -0.373 e. The first-order chi connectivity index (χ1) is 13.4. The number of likely N-dealkylation sites (tertiary alicyclic amines) is 1. The topological polar surface area (TPSA) is 79.0 Å². The van der Waals surface area contributed by atoms with E-state index in [2.05, 4.69) is 10.2 Å². The summed E-state index contributed by atoms with van der Waals surface area (Å²) in [4.78, 5) is 14.9. The number of sulfonamides is 1. The van der Waals surface area contributed by atoms with Crippen molar-refractivity contribution < 1.29 is 17.9 Å². The summed E-state index contributed by atoms with van der Waals surface area (Å²) in [6, 6.07) is 6.19. The van der Waals surface area contributed by atoms with Gasteiger partial charge in [0.1, 0.15) is 0 Å². The molecule has 28 heavy (non-hydrogen) atoms. The molecule has 0 spiro atoms. The Kier molecular flexibility index (Phi) is 7.09. The second-order valence-corrected chi connectivity index (χ2v) is 9.70. The molecule has 0 saturated carbocycles. The molecule has 0 radical (unpaired) electrons. The molecule has 0 bridgehead atoms. The number of hydrogen-bond acceptors (Lipinski definition) is 5. The van der Waals surface area contributed by atoms with Crippen molar-refractivity contribution in [2.75, 3.05) is 39.3 Å². The summed E-state index contributed by atoms with van der Waals surface area (Å²) < 4.78 is 32.8. The van der Waals surface area contributed by atoms with Crippen LogP contribution in [0.15, 0.2) is 29.2 Å². The average Bonchev–Trinajstić information content (AvgIpc) is 3.18. The van der Waals surface area contributed by atoms with Crippen LogP contribution < -0.4 is 5.32 Å². The molecule has 2 aliphatic rings. The summed E-state index contributed by atoms with van der Waals surface area (Å²) in [5.41, 5.74) is 0.476. The third-order valence-corrected chi connectivity index (χ3v) is 7.12. The maximum atomic E-state index is 12.9. The molecule has 7 nitrogen and oxygen atoms in total. The molecule has 1 aromatic rings. The highest BCUT2D eigenvalue weighted by atomic mass is 32.2. The number of carbonyl (C=O) groups is 1. The smallest absolute Gasteiger partial charge is 0.251 e. The fourth-order valence-corrected chi connectivity index (χ4v) is 5.46. The largest absolute Gasteiger partial charge is 0.373 e. The molecule has 2 heterocycles. The fourth-order valence-electron chi connectivity index (χ4n) is 3.87. The van der Waals surface area contributed by atoms with Crippen LogP contribution in [0.4, 0.5) is 0 Å². The Morgan fingerprint density at radius 2 is 1.71 bits per heavy atom. The van der Waals surface area contributed by atoms with Crippen LogP contribution in [0, 0.1) is 0 Å². The van der Waals surface area contributed by atoms with Gasteiger partial charge in [0, 0.05) is 25.2 Å². The van der Waals surface area contributed by atoms with Crippen molar-refractivity contribution >= 4 is 15.9 Å². The molecule has 2 fully saturated rings. The van der Waals surface area contributed by atoms with Crippen molar-refractivity contribution in [1.29, 1.82) is 0 Å². The van der Waals surface area contributed by atoms with E-state index >= 15 is 0 Å². The maximum absolute atomic E-state index is 12.9. The van der Waals surface area contributed by atoms with Gasteiger partial charge >= 0.3 is 0 Å². The predicted molar refractivity (Wildman–Crippen MR) is 108 cm³/mol. The number of hydrogen-bond donors (Lipinski definition) is 1. The molecule has 0 unspecified atom stereocenters. The molecule has 1 aromatic carbocycles. The molecular weight excluding hydrogens is 378 g/mol. The first-order valence-corrected chi connectivity index (χ1v) is 11.6. The Labute approximate surface area is 168 Å². The number of rotatable bonds is 7. The number of nitrogens with zero attached hydrogens (tertiary/aromatic N) is 2. The van der Waals surface area contributed by atoms with Crippen LogP contribution in [0.1, 0.15) is 43.5 Å². The maximum Gasteiger partial charge on any atom is 0.251 e. The van der Waals surface area contributed by atoms with Gasteiger partial charge in [0.05, 0.1) is 17.1 Å². The molecule has 0 aliphatic carbocycles. The highest BCUT2D eigenvalue weighted by molar-refractivity contribution is 7.89. The van der Waals surface area contributed by atoms with Gasteiger partial charge in [-0.25, -0.2) is 8.42 Å². The van der Waals surface area contributed by atoms with E-state index in [1.165, 1.54) is 29.3 Å². The minimum atomic E-state index is -3.58. The Morgan fingerprint density at radius 3 is 2.32 bits per heavy atom. The lowest BCUT2D eigenvalue weighted by Crippen LogP contribution is -2.48. The zero-order chi connectivity index (χ0) is 20.1. The number of morpholine rings is 1. The average molecular weight is 410 g/mol. The third kappa shape index (κ3) is 5.31. The summed E-state index contributed by atoms with van der Waals surface area (Å²) in [7, 11) is -3.58. The van der Waals surface area contributed by atoms with Gasteiger partial charge in [-0.15, -0.1) is 0 Å². The van der Waals surface area contributed by atoms with Gasteiger partial charge in [0.2, 0.25) is 10.0 Å². The summed E-state index contributed by atoms with van der Waals surface area (Å²) >= 11 is 0. The van der Waals surface area contributed by atoms with E-state index in [9.17, 15) is 13.2 Å². The van der Waals surface area contributed by atoms with Crippen LogP contribution in [-0.4, -0.2) is 75.0 Å². The van der Waals surface area contributed by atoms with Gasteiger partial charge in [-0.2, -0.15) is 4.31 Å². The second kappa shape index (κ2) is 9.35. The zero-order valence-corrected chi connectivity index (χ0v) is 17.6. The Morgan fingerprint density at radius 1 is 1.11 bits per heavy atom. The van der Waals surface area contributed by atoms with Crippen molar-refractivity contribution in [2.24, 2.45) is 0 Å². The van der Waals surface area contributed by atoms with Crippen LogP contribution in [0.5, 0.6) is 0 Å². The molecule has 1 N–H and O–H groups in total. The number of ether oxygens (including phenoxy) is 1.